The monoisotopic (exact) mass is 575 g/mol. The molecule has 194 valence electrons. The molecule has 2 aromatic rings. The number of benzene rings is 2. The molecule has 1 aliphatic rings. The molecule has 1 amide bonds. The highest BCUT2D eigenvalue weighted by molar-refractivity contribution is 9.09. The second kappa shape index (κ2) is 11.3. The normalized spacial score (nSPS) is 22.1. The zero-order valence-electron chi connectivity index (χ0n) is 21.5. The lowest BCUT2D eigenvalue weighted by Crippen LogP contribution is -2.68. The van der Waals surface area contributed by atoms with Gasteiger partial charge in [0.25, 0.3) is 5.91 Å². The Bertz CT molecular complexity index is 1090. The van der Waals surface area contributed by atoms with Crippen LogP contribution in [0.15, 0.2) is 66.7 Å². The van der Waals surface area contributed by atoms with Gasteiger partial charge in [0.2, 0.25) is 0 Å². The first kappa shape index (κ1) is 28.1. The van der Waals surface area contributed by atoms with Crippen molar-refractivity contribution >= 4 is 36.1 Å². The summed E-state index contributed by atoms with van der Waals surface area (Å²) in [7, 11) is 0.529. The molecule has 1 aliphatic heterocycles. The van der Waals surface area contributed by atoms with Gasteiger partial charge in [-0.25, -0.2) is 4.79 Å². The van der Waals surface area contributed by atoms with Crippen molar-refractivity contribution in [1.82, 2.24) is 4.90 Å². The van der Waals surface area contributed by atoms with E-state index in [-0.39, 0.29) is 31.2 Å². The summed E-state index contributed by atoms with van der Waals surface area (Å²) < 4.78 is 23.4. The van der Waals surface area contributed by atoms with Crippen LogP contribution in [0.5, 0.6) is 5.75 Å². The highest BCUT2D eigenvalue weighted by atomic mass is 79.9. The number of nitrogens with zero attached hydrogens (tertiary/aromatic N) is 1. The molecular formula is C27H34BrNO6Si. The lowest BCUT2D eigenvalue weighted by Gasteiger charge is -2.47. The zero-order chi connectivity index (χ0) is 26.6. The third-order valence-electron chi connectivity index (χ3n) is 6.58. The fourth-order valence-electron chi connectivity index (χ4n) is 4.53. The van der Waals surface area contributed by atoms with E-state index in [0.29, 0.717) is 10.7 Å². The van der Waals surface area contributed by atoms with Crippen LogP contribution >= 0.6 is 15.9 Å². The Morgan fingerprint density at radius 1 is 1.06 bits per heavy atom. The minimum absolute atomic E-state index is 0.126. The topological polar surface area (TPSA) is 74.3 Å². The van der Waals surface area contributed by atoms with Gasteiger partial charge in [0.15, 0.2) is 13.9 Å². The molecule has 7 nitrogen and oxygen atoms in total. The summed E-state index contributed by atoms with van der Waals surface area (Å²) in [5.41, 5.74) is -0.998. The van der Waals surface area contributed by atoms with E-state index in [9.17, 15) is 9.59 Å². The number of ether oxygens (including phenoxy) is 3. The summed E-state index contributed by atoms with van der Waals surface area (Å²) in [6, 6.07) is 17.0. The Morgan fingerprint density at radius 2 is 1.69 bits per heavy atom. The van der Waals surface area contributed by atoms with Crippen molar-refractivity contribution in [3.8, 4) is 5.75 Å². The Kier molecular flexibility index (Phi) is 8.82. The third-order valence-corrected chi connectivity index (χ3v) is 12.2. The second-order valence-electron chi connectivity index (χ2n) is 9.58. The number of methoxy groups -OCH3 is 2. The van der Waals surface area contributed by atoms with E-state index in [0.717, 1.165) is 11.1 Å². The summed E-state index contributed by atoms with van der Waals surface area (Å²) >= 11 is 3.54. The van der Waals surface area contributed by atoms with E-state index >= 15 is 0 Å². The maximum absolute atomic E-state index is 13.8. The molecule has 0 N–H and O–H groups in total. The predicted molar refractivity (Wildman–Crippen MR) is 144 cm³/mol. The van der Waals surface area contributed by atoms with Crippen LogP contribution < -0.4 is 4.74 Å². The van der Waals surface area contributed by atoms with E-state index in [1.54, 1.807) is 14.0 Å². The largest absolute Gasteiger partial charge is 0.497 e. The molecule has 0 spiro atoms. The molecule has 2 aromatic carbocycles. The smallest absolute Gasteiger partial charge is 0.337 e. The van der Waals surface area contributed by atoms with Crippen LogP contribution in [0.4, 0.5) is 0 Å². The number of hydrogen-bond donors (Lipinski definition) is 0. The van der Waals surface area contributed by atoms with Gasteiger partial charge >= 0.3 is 5.97 Å². The highest BCUT2D eigenvalue weighted by Gasteiger charge is 2.70. The SMILES string of the molecule is C=C1C(=O)N(Cc2ccc(OC)cc2)[C@](COCc2ccccc2)(C(=O)OC)[C@@]1(C)O[Si](C)(C)CBr. The van der Waals surface area contributed by atoms with Gasteiger partial charge in [-0.2, -0.15) is 0 Å². The van der Waals surface area contributed by atoms with Crippen molar-refractivity contribution in [3.63, 3.8) is 0 Å². The molecule has 1 heterocycles. The second-order valence-corrected chi connectivity index (χ2v) is 15.2. The average Bonchev–Trinajstić information content (AvgIpc) is 3.03. The number of hydrogen-bond acceptors (Lipinski definition) is 6. The zero-order valence-corrected chi connectivity index (χ0v) is 24.1. The maximum Gasteiger partial charge on any atom is 0.337 e. The van der Waals surface area contributed by atoms with Crippen LogP contribution in [0.3, 0.4) is 0 Å². The maximum atomic E-state index is 13.8. The molecule has 3 rings (SSSR count). The average molecular weight is 577 g/mol. The van der Waals surface area contributed by atoms with Crippen LogP contribution in [0.2, 0.25) is 13.1 Å². The number of alkyl halides is 1. The van der Waals surface area contributed by atoms with Crippen molar-refractivity contribution < 1.29 is 28.2 Å². The minimum atomic E-state index is -2.37. The first-order valence-electron chi connectivity index (χ1n) is 11.6. The van der Waals surface area contributed by atoms with Crippen molar-refractivity contribution in [2.24, 2.45) is 0 Å². The highest BCUT2D eigenvalue weighted by Crippen LogP contribution is 2.48. The number of halogens is 1. The van der Waals surface area contributed by atoms with Gasteiger partial charge in [0, 0.05) is 17.1 Å². The molecular weight excluding hydrogens is 542 g/mol. The molecule has 9 heteroatoms. The number of carbonyl (C=O) groups is 2. The summed E-state index contributed by atoms with van der Waals surface area (Å²) in [4.78, 5) is 29.6. The molecule has 0 radical (unpaired) electrons. The van der Waals surface area contributed by atoms with Crippen molar-refractivity contribution in [3.05, 3.63) is 77.9 Å². The quantitative estimate of drug-likeness (QED) is 0.168. The number of likely N-dealkylation sites (tertiary alicyclic amines) is 1. The summed E-state index contributed by atoms with van der Waals surface area (Å²) in [6.45, 7) is 10.2. The fourth-order valence-corrected chi connectivity index (χ4v) is 6.33. The Morgan fingerprint density at radius 3 is 2.25 bits per heavy atom. The molecule has 0 unspecified atom stereocenters. The standard InChI is InChI=1S/C27H34BrNO6Si/c1-20-24(30)29(16-21-12-14-23(32-3)15-13-21)27(25(31)33-4,26(20,2)35-36(5,6)19-28)18-34-17-22-10-8-7-9-11-22/h7-15H,1,16-19H2,2-6H3/t26-,27+/m0/s1. The van der Waals surface area contributed by atoms with E-state index < -0.39 is 25.4 Å². The minimum Gasteiger partial charge on any atom is -0.497 e. The summed E-state index contributed by atoms with van der Waals surface area (Å²) in [5, 5.41) is 0. The molecule has 1 fully saturated rings. The van der Waals surface area contributed by atoms with Gasteiger partial charge in [0.05, 0.1) is 27.4 Å². The lowest BCUT2D eigenvalue weighted by molar-refractivity contribution is -0.175. The van der Waals surface area contributed by atoms with Gasteiger partial charge in [-0.3, -0.25) is 4.79 Å². The summed E-state index contributed by atoms with van der Waals surface area (Å²) in [5.74, 6) is -0.293. The van der Waals surface area contributed by atoms with E-state index in [4.69, 9.17) is 18.6 Å². The van der Waals surface area contributed by atoms with Gasteiger partial charge in [-0.15, -0.1) is 0 Å². The van der Waals surface area contributed by atoms with Crippen LogP contribution in [-0.2, 0) is 36.6 Å². The number of esters is 1. The van der Waals surface area contributed by atoms with E-state index in [2.05, 4.69) is 22.5 Å². The van der Waals surface area contributed by atoms with Gasteiger partial charge in [-0.1, -0.05) is 65.0 Å². The van der Waals surface area contributed by atoms with Crippen molar-refractivity contribution in [1.29, 1.82) is 0 Å². The number of amides is 1. The van der Waals surface area contributed by atoms with Crippen LogP contribution in [0, 0.1) is 0 Å². The van der Waals surface area contributed by atoms with Crippen molar-refractivity contribution in [2.75, 3.05) is 25.8 Å². The molecule has 36 heavy (non-hydrogen) atoms. The molecule has 1 saturated heterocycles. The Labute approximate surface area is 222 Å². The lowest BCUT2D eigenvalue weighted by atomic mass is 9.80. The third kappa shape index (κ3) is 5.29. The first-order valence-corrected chi connectivity index (χ1v) is 15.9. The van der Waals surface area contributed by atoms with Gasteiger partial charge in [-0.05, 0) is 43.3 Å². The Balaban J connectivity index is 2.09. The van der Waals surface area contributed by atoms with E-state index in [1.165, 1.54) is 12.0 Å². The molecule has 0 saturated carbocycles. The molecule has 0 bridgehead atoms. The van der Waals surface area contributed by atoms with Crippen LogP contribution in [0.1, 0.15) is 18.1 Å². The van der Waals surface area contributed by atoms with Gasteiger partial charge in [0.1, 0.15) is 11.4 Å². The first-order chi connectivity index (χ1) is 17.0. The molecule has 0 aromatic heterocycles. The van der Waals surface area contributed by atoms with E-state index in [1.807, 2.05) is 67.7 Å². The Hall–Kier alpha value is -2.46. The van der Waals surface area contributed by atoms with Crippen molar-refractivity contribution in [2.45, 2.75) is 44.3 Å². The summed E-state index contributed by atoms with van der Waals surface area (Å²) in [6.07, 6.45) is 0. The van der Waals surface area contributed by atoms with Crippen LogP contribution in [-0.4, -0.2) is 62.0 Å². The molecule has 2 atom stereocenters. The fraction of sp³-hybridized carbons (Fsp3) is 0.407. The van der Waals surface area contributed by atoms with Crippen LogP contribution in [0.25, 0.3) is 0 Å². The number of carbonyl (C=O) groups excluding carboxylic acids is 2. The van der Waals surface area contributed by atoms with Gasteiger partial charge < -0.3 is 23.5 Å². The predicted octanol–water partition coefficient (Wildman–Crippen LogP) is 4.64. The number of rotatable bonds is 11. The molecule has 0 aliphatic carbocycles.